The van der Waals surface area contributed by atoms with Crippen LogP contribution in [-0.2, 0) is 4.74 Å². The first kappa shape index (κ1) is 9.88. The van der Waals surface area contributed by atoms with Crippen LogP contribution in [-0.4, -0.2) is 44.8 Å². The van der Waals surface area contributed by atoms with Gasteiger partial charge in [-0.2, -0.15) is 0 Å². The van der Waals surface area contributed by atoms with Gasteiger partial charge in [0.05, 0.1) is 6.61 Å². The van der Waals surface area contributed by atoms with Crippen LogP contribution in [0.25, 0.3) is 0 Å². The molecule has 0 aromatic heterocycles. The monoisotopic (exact) mass is 146 g/mol. The molecule has 0 bridgehead atoms. The number of nitrogens with two attached hydrogens (primary N) is 1. The lowest BCUT2D eigenvalue weighted by Gasteiger charge is -2.17. The fourth-order valence-corrected chi connectivity index (χ4v) is 0.830. The highest BCUT2D eigenvalue weighted by atomic mass is 16.5. The number of likely N-dealkylation sites (N-methyl/N-ethyl adjacent to an activating group) is 1. The Kier molecular flexibility index (Phi) is 5.58. The molecule has 62 valence electrons. The summed E-state index contributed by atoms with van der Waals surface area (Å²) in [7, 11) is 3.75. The molecular weight excluding hydrogens is 128 g/mol. The van der Waals surface area contributed by atoms with Gasteiger partial charge in [0.2, 0.25) is 0 Å². The first-order valence-electron chi connectivity index (χ1n) is 3.60. The SMILES string of the molecule is COCCN(C)CC(C)N. The quantitative estimate of drug-likeness (QED) is 0.589. The van der Waals surface area contributed by atoms with Gasteiger partial charge >= 0.3 is 0 Å². The van der Waals surface area contributed by atoms with Gasteiger partial charge in [-0.25, -0.2) is 0 Å². The summed E-state index contributed by atoms with van der Waals surface area (Å²) in [6.07, 6.45) is 0. The van der Waals surface area contributed by atoms with Crippen LogP contribution in [0.15, 0.2) is 0 Å². The van der Waals surface area contributed by atoms with Crippen molar-refractivity contribution in [2.75, 3.05) is 33.9 Å². The van der Waals surface area contributed by atoms with Crippen LogP contribution in [0.4, 0.5) is 0 Å². The highest BCUT2D eigenvalue weighted by Gasteiger charge is 1.99. The molecule has 0 aliphatic heterocycles. The van der Waals surface area contributed by atoms with Crippen molar-refractivity contribution in [2.24, 2.45) is 5.73 Å². The van der Waals surface area contributed by atoms with Crippen molar-refractivity contribution < 1.29 is 4.74 Å². The van der Waals surface area contributed by atoms with E-state index in [1.807, 2.05) is 14.0 Å². The molecule has 0 heterocycles. The van der Waals surface area contributed by atoms with E-state index in [9.17, 15) is 0 Å². The molecule has 0 saturated carbocycles. The summed E-state index contributed by atoms with van der Waals surface area (Å²) in [6, 6.07) is 0.252. The van der Waals surface area contributed by atoms with E-state index in [-0.39, 0.29) is 6.04 Å². The van der Waals surface area contributed by atoms with Crippen LogP contribution in [0.5, 0.6) is 0 Å². The predicted octanol–water partition coefficient (Wildman–Crippen LogP) is -0.0882. The Hall–Kier alpha value is -0.120. The van der Waals surface area contributed by atoms with E-state index in [1.165, 1.54) is 0 Å². The fourth-order valence-electron chi connectivity index (χ4n) is 0.830. The lowest BCUT2D eigenvalue weighted by molar-refractivity contribution is 0.159. The summed E-state index contributed by atoms with van der Waals surface area (Å²) < 4.78 is 4.91. The smallest absolute Gasteiger partial charge is 0.0589 e. The van der Waals surface area contributed by atoms with Crippen molar-refractivity contribution in [2.45, 2.75) is 13.0 Å². The Balaban J connectivity index is 3.16. The zero-order valence-electron chi connectivity index (χ0n) is 7.13. The van der Waals surface area contributed by atoms with Crippen LogP contribution in [0, 0.1) is 0 Å². The first-order chi connectivity index (χ1) is 4.66. The molecule has 0 amide bonds. The van der Waals surface area contributed by atoms with Gasteiger partial charge in [0.1, 0.15) is 0 Å². The van der Waals surface area contributed by atoms with Gasteiger partial charge in [-0.05, 0) is 14.0 Å². The molecule has 0 aromatic rings. The third kappa shape index (κ3) is 6.01. The van der Waals surface area contributed by atoms with Crippen molar-refractivity contribution in [3.05, 3.63) is 0 Å². The molecule has 1 unspecified atom stereocenters. The molecule has 3 heteroatoms. The minimum absolute atomic E-state index is 0.252. The zero-order valence-corrected chi connectivity index (χ0v) is 7.13. The van der Waals surface area contributed by atoms with E-state index < -0.39 is 0 Å². The van der Waals surface area contributed by atoms with Gasteiger partial charge in [-0.15, -0.1) is 0 Å². The van der Waals surface area contributed by atoms with E-state index >= 15 is 0 Å². The second kappa shape index (κ2) is 5.65. The van der Waals surface area contributed by atoms with E-state index in [2.05, 4.69) is 4.90 Å². The minimum Gasteiger partial charge on any atom is -0.383 e. The normalized spacial score (nSPS) is 14.1. The van der Waals surface area contributed by atoms with Gasteiger partial charge in [-0.1, -0.05) is 0 Å². The van der Waals surface area contributed by atoms with E-state index in [1.54, 1.807) is 7.11 Å². The van der Waals surface area contributed by atoms with Crippen LogP contribution < -0.4 is 5.73 Å². The Labute approximate surface area is 63.1 Å². The number of rotatable bonds is 5. The Morgan fingerprint density at radius 2 is 2.20 bits per heavy atom. The molecule has 0 saturated heterocycles. The second-order valence-corrected chi connectivity index (χ2v) is 2.73. The van der Waals surface area contributed by atoms with Crippen molar-refractivity contribution in [3.63, 3.8) is 0 Å². The summed E-state index contributed by atoms with van der Waals surface area (Å²) in [4.78, 5) is 2.16. The summed E-state index contributed by atoms with van der Waals surface area (Å²) >= 11 is 0. The lowest BCUT2D eigenvalue weighted by Crippen LogP contribution is -2.34. The topological polar surface area (TPSA) is 38.5 Å². The van der Waals surface area contributed by atoms with Gasteiger partial charge in [0.15, 0.2) is 0 Å². The van der Waals surface area contributed by atoms with Crippen LogP contribution in [0.2, 0.25) is 0 Å². The van der Waals surface area contributed by atoms with Crippen LogP contribution >= 0.6 is 0 Å². The molecule has 0 radical (unpaired) electrons. The maximum atomic E-state index is 5.58. The second-order valence-electron chi connectivity index (χ2n) is 2.73. The average molecular weight is 146 g/mol. The van der Waals surface area contributed by atoms with Crippen LogP contribution in [0.3, 0.4) is 0 Å². The highest BCUT2D eigenvalue weighted by Crippen LogP contribution is 1.84. The Morgan fingerprint density at radius 3 is 2.60 bits per heavy atom. The van der Waals surface area contributed by atoms with Gasteiger partial charge < -0.3 is 15.4 Å². The third-order valence-electron chi connectivity index (χ3n) is 1.28. The Morgan fingerprint density at radius 1 is 1.60 bits per heavy atom. The Bertz CT molecular complexity index is 76.0. The van der Waals surface area contributed by atoms with Crippen molar-refractivity contribution in [1.82, 2.24) is 4.90 Å². The maximum Gasteiger partial charge on any atom is 0.0589 e. The van der Waals surface area contributed by atoms with Crippen molar-refractivity contribution in [1.29, 1.82) is 0 Å². The summed E-state index contributed by atoms with van der Waals surface area (Å²) in [6.45, 7) is 4.67. The minimum atomic E-state index is 0.252. The molecule has 0 aliphatic carbocycles. The van der Waals surface area contributed by atoms with Crippen molar-refractivity contribution >= 4 is 0 Å². The third-order valence-corrected chi connectivity index (χ3v) is 1.28. The number of hydrogen-bond donors (Lipinski definition) is 1. The lowest BCUT2D eigenvalue weighted by atomic mass is 10.3. The summed E-state index contributed by atoms with van der Waals surface area (Å²) in [5.41, 5.74) is 5.58. The number of ether oxygens (including phenoxy) is 1. The molecule has 10 heavy (non-hydrogen) atoms. The van der Waals surface area contributed by atoms with Gasteiger partial charge in [0, 0.05) is 26.2 Å². The molecule has 0 spiro atoms. The van der Waals surface area contributed by atoms with E-state index in [0.29, 0.717) is 0 Å². The maximum absolute atomic E-state index is 5.58. The summed E-state index contributed by atoms with van der Waals surface area (Å²) in [5, 5.41) is 0. The number of hydrogen-bond acceptors (Lipinski definition) is 3. The van der Waals surface area contributed by atoms with Crippen molar-refractivity contribution in [3.8, 4) is 0 Å². The molecule has 1 atom stereocenters. The van der Waals surface area contributed by atoms with Gasteiger partial charge in [0.25, 0.3) is 0 Å². The van der Waals surface area contributed by atoms with Crippen LogP contribution in [0.1, 0.15) is 6.92 Å². The highest BCUT2D eigenvalue weighted by molar-refractivity contribution is 4.58. The number of nitrogens with zero attached hydrogens (tertiary/aromatic N) is 1. The summed E-state index contributed by atoms with van der Waals surface area (Å²) in [5.74, 6) is 0. The molecule has 0 aliphatic rings. The molecule has 2 N–H and O–H groups in total. The molecular formula is C7H18N2O. The van der Waals surface area contributed by atoms with E-state index in [4.69, 9.17) is 10.5 Å². The fraction of sp³-hybridized carbons (Fsp3) is 1.00. The first-order valence-corrected chi connectivity index (χ1v) is 3.60. The zero-order chi connectivity index (χ0) is 7.98. The molecule has 0 aromatic carbocycles. The standard InChI is InChI=1S/C7H18N2O/c1-7(8)6-9(2)4-5-10-3/h7H,4-6,8H2,1-3H3. The molecule has 0 fully saturated rings. The average Bonchev–Trinajstić information content (AvgIpc) is 1.82. The molecule has 0 rings (SSSR count). The largest absolute Gasteiger partial charge is 0.383 e. The predicted molar refractivity (Wildman–Crippen MR) is 43.0 cm³/mol. The number of methoxy groups -OCH3 is 1. The molecule has 3 nitrogen and oxygen atoms in total. The van der Waals surface area contributed by atoms with Gasteiger partial charge in [-0.3, -0.25) is 0 Å². The van der Waals surface area contributed by atoms with E-state index in [0.717, 1.165) is 19.7 Å².